The summed E-state index contributed by atoms with van der Waals surface area (Å²) in [6.45, 7) is 5.37. The summed E-state index contributed by atoms with van der Waals surface area (Å²) >= 11 is 12.5. The van der Waals surface area contributed by atoms with Gasteiger partial charge in [0.2, 0.25) is 0 Å². The normalized spacial score (nSPS) is 24.4. The van der Waals surface area contributed by atoms with Crippen LogP contribution in [0.25, 0.3) is 11.0 Å². The molecule has 1 aromatic heterocycles. The molecule has 1 aliphatic rings. The average molecular weight is 325 g/mol. The van der Waals surface area contributed by atoms with E-state index < -0.39 is 0 Å². The maximum Gasteiger partial charge on any atom is 0.127 e. The topological polar surface area (TPSA) is 17.8 Å². The zero-order chi connectivity index (χ0) is 15.0. The molecule has 0 amide bonds. The average Bonchev–Trinajstić information content (AvgIpc) is 2.80. The van der Waals surface area contributed by atoms with Crippen LogP contribution in [0.3, 0.4) is 0 Å². The zero-order valence-electron chi connectivity index (χ0n) is 12.6. The standard InChI is InChI=1S/C17H22Cl2N2/c1-11-5-3-4-6-13(11)10-21-16-9-14(19)7-8-15(16)20-17(21)12(2)18/h7-9,11-13H,3-6,10H2,1-2H3. The van der Waals surface area contributed by atoms with E-state index >= 15 is 0 Å². The van der Waals surface area contributed by atoms with Crippen molar-refractivity contribution >= 4 is 34.2 Å². The first-order chi connectivity index (χ1) is 10.1. The van der Waals surface area contributed by atoms with Crippen LogP contribution in [-0.2, 0) is 6.54 Å². The maximum absolute atomic E-state index is 6.36. The van der Waals surface area contributed by atoms with Crippen LogP contribution >= 0.6 is 23.2 Å². The molecule has 2 aromatic rings. The van der Waals surface area contributed by atoms with Crippen LogP contribution in [0, 0.1) is 11.8 Å². The molecular formula is C17H22Cl2N2. The predicted molar refractivity (Wildman–Crippen MR) is 90.1 cm³/mol. The summed E-state index contributed by atoms with van der Waals surface area (Å²) < 4.78 is 2.30. The number of aromatic nitrogens is 2. The van der Waals surface area contributed by atoms with E-state index in [1.165, 1.54) is 25.7 Å². The maximum atomic E-state index is 6.36. The van der Waals surface area contributed by atoms with Crippen LogP contribution in [0.5, 0.6) is 0 Å². The second-order valence-corrected chi connectivity index (χ2v) is 7.44. The summed E-state index contributed by atoms with van der Waals surface area (Å²) in [7, 11) is 0. The molecule has 0 aliphatic heterocycles. The molecule has 0 N–H and O–H groups in total. The third-order valence-electron chi connectivity index (χ3n) is 4.80. The number of fused-ring (bicyclic) bond motifs is 1. The van der Waals surface area contributed by atoms with Crippen molar-refractivity contribution in [3.8, 4) is 0 Å². The number of imidazole rings is 1. The van der Waals surface area contributed by atoms with Gasteiger partial charge in [-0.2, -0.15) is 0 Å². The molecule has 0 spiro atoms. The first-order valence-corrected chi connectivity index (χ1v) is 8.67. The second kappa shape index (κ2) is 6.18. The van der Waals surface area contributed by atoms with Crippen LogP contribution in [0.1, 0.15) is 50.7 Å². The van der Waals surface area contributed by atoms with E-state index in [2.05, 4.69) is 11.5 Å². The van der Waals surface area contributed by atoms with Gasteiger partial charge < -0.3 is 4.57 Å². The van der Waals surface area contributed by atoms with Crippen LogP contribution < -0.4 is 0 Å². The Labute approximate surface area is 136 Å². The van der Waals surface area contributed by atoms with E-state index in [1.807, 2.05) is 25.1 Å². The summed E-state index contributed by atoms with van der Waals surface area (Å²) in [4.78, 5) is 4.72. The SMILES string of the molecule is CC(Cl)c1nc2ccc(Cl)cc2n1CC1CCCCC1C. The van der Waals surface area contributed by atoms with Crippen LogP contribution in [0.4, 0.5) is 0 Å². The Morgan fingerprint density at radius 2 is 2.10 bits per heavy atom. The van der Waals surface area contributed by atoms with E-state index in [4.69, 9.17) is 28.2 Å². The van der Waals surface area contributed by atoms with Gasteiger partial charge in [-0.1, -0.05) is 37.8 Å². The van der Waals surface area contributed by atoms with Crippen molar-refractivity contribution in [3.63, 3.8) is 0 Å². The largest absolute Gasteiger partial charge is 0.326 e. The van der Waals surface area contributed by atoms with Crippen molar-refractivity contribution in [1.82, 2.24) is 9.55 Å². The second-order valence-electron chi connectivity index (χ2n) is 6.35. The van der Waals surface area contributed by atoms with Gasteiger partial charge in [-0.3, -0.25) is 0 Å². The molecule has 1 saturated carbocycles. The van der Waals surface area contributed by atoms with Gasteiger partial charge in [0.1, 0.15) is 5.82 Å². The highest BCUT2D eigenvalue weighted by molar-refractivity contribution is 6.31. The van der Waals surface area contributed by atoms with Gasteiger partial charge in [0.25, 0.3) is 0 Å². The molecule has 1 heterocycles. The van der Waals surface area contributed by atoms with Crippen molar-refractivity contribution in [2.75, 3.05) is 0 Å². The minimum absolute atomic E-state index is 0.0879. The van der Waals surface area contributed by atoms with Crippen molar-refractivity contribution in [2.24, 2.45) is 11.8 Å². The van der Waals surface area contributed by atoms with Crippen LogP contribution in [0.2, 0.25) is 5.02 Å². The van der Waals surface area contributed by atoms with E-state index in [1.54, 1.807) is 0 Å². The van der Waals surface area contributed by atoms with Crippen LogP contribution in [0.15, 0.2) is 18.2 Å². The highest BCUT2D eigenvalue weighted by Crippen LogP contribution is 2.34. The zero-order valence-corrected chi connectivity index (χ0v) is 14.2. The Morgan fingerprint density at radius 3 is 2.81 bits per heavy atom. The molecule has 0 bridgehead atoms. The Balaban J connectivity index is 2.02. The summed E-state index contributed by atoms with van der Waals surface area (Å²) in [6, 6.07) is 5.90. The first-order valence-electron chi connectivity index (χ1n) is 7.86. The third-order valence-corrected chi connectivity index (χ3v) is 5.23. The molecule has 4 heteroatoms. The molecule has 3 atom stereocenters. The van der Waals surface area contributed by atoms with Gasteiger partial charge in [0.05, 0.1) is 16.4 Å². The molecule has 3 unspecified atom stereocenters. The van der Waals surface area contributed by atoms with Crippen LogP contribution in [-0.4, -0.2) is 9.55 Å². The Hall–Kier alpha value is -0.730. The number of rotatable bonds is 3. The molecule has 114 valence electrons. The number of benzene rings is 1. The van der Waals surface area contributed by atoms with Gasteiger partial charge >= 0.3 is 0 Å². The minimum Gasteiger partial charge on any atom is -0.326 e. The minimum atomic E-state index is -0.0879. The monoisotopic (exact) mass is 324 g/mol. The van der Waals surface area contributed by atoms with E-state index in [0.717, 1.165) is 34.3 Å². The fourth-order valence-electron chi connectivity index (χ4n) is 3.51. The smallest absolute Gasteiger partial charge is 0.127 e. The van der Waals surface area contributed by atoms with Gasteiger partial charge in [0, 0.05) is 11.6 Å². The number of nitrogens with zero attached hydrogens (tertiary/aromatic N) is 2. The number of halogens is 2. The summed E-state index contributed by atoms with van der Waals surface area (Å²) in [5.41, 5.74) is 2.10. The fourth-order valence-corrected chi connectivity index (χ4v) is 3.84. The molecule has 1 fully saturated rings. The Bertz CT molecular complexity index is 633. The molecule has 1 aliphatic carbocycles. The number of alkyl halides is 1. The number of hydrogen-bond acceptors (Lipinski definition) is 1. The Morgan fingerprint density at radius 1 is 1.33 bits per heavy atom. The third kappa shape index (κ3) is 3.07. The Kier molecular flexibility index (Phi) is 4.46. The molecule has 0 saturated heterocycles. The fraction of sp³-hybridized carbons (Fsp3) is 0.588. The van der Waals surface area contributed by atoms with E-state index in [9.17, 15) is 0 Å². The molecule has 2 nitrogen and oxygen atoms in total. The molecule has 3 rings (SSSR count). The van der Waals surface area contributed by atoms with Gasteiger partial charge in [-0.25, -0.2) is 4.98 Å². The molecular weight excluding hydrogens is 303 g/mol. The molecule has 1 aromatic carbocycles. The quantitative estimate of drug-likeness (QED) is 0.651. The van der Waals surface area contributed by atoms with Gasteiger partial charge in [0.15, 0.2) is 0 Å². The summed E-state index contributed by atoms with van der Waals surface area (Å²) in [6.07, 6.45) is 5.35. The highest BCUT2D eigenvalue weighted by Gasteiger charge is 2.24. The highest BCUT2D eigenvalue weighted by atomic mass is 35.5. The van der Waals surface area contributed by atoms with Crippen molar-refractivity contribution < 1.29 is 0 Å². The van der Waals surface area contributed by atoms with Gasteiger partial charge in [-0.15, -0.1) is 11.6 Å². The predicted octanol–water partition coefficient (Wildman–Crippen LogP) is 5.82. The lowest BCUT2D eigenvalue weighted by Gasteiger charge is -2.30. The van der Waals surface area contributed by atoms with Crippen molar-refractivity contribution in [3.05, 3.63) is 29.0 Å². The lowest BCUT2D eigenvalue weighted by atomic mass is 9.80. The van der Waals surface area contributed by atoms with Gasteiger partial charge in [-0.05, 0) is 43.4 Å². The van der Waals surface area contributed by atoms with E-state index in [-0.39, 0.29) is 5.38 Å². The lowest BCUT2D eigenvalue weighted by molar-refractivity contribution is 0.228. The molecule has 21 heavy (non-hydrogen) atoms. The van der Waals surface area contributed by atoms with E-state index in [0.29, 0.717) is 5.92 Å². The first kappa shape index (κ1) is 15.2. The summed E-state index contributed by atoms with van der Waals surface area (Å²) in [5, 5.41) is 0.671. The summed E-state index contributed by atoms with van der Waals surface area (Å²) in [5.74, 6) is 2.45. The van der Waals surface area contributed by atoms with Crippen molar-refractivity contribution in [1.29, 1.82) is 0 Å². The molecule has 0 radical (unpaired) electrons. The number of hydrogen-bond donors (Lipinski definition) is 0. The lowest BCUT2D eigenvalue weighted by Crippen LogP contribution is -2.23. The van der Waals surface area contributed by atoms with Crippen molar-refractivity contribution in [2.45, 2.75) is 51.5 Å².